The minimum absolute atomic E-state index is 0.199. The number of carbonyl (C=O) groups is 4. The largest absolute Gasteiger partial charge is 0.444 e. The molecule has 0 aromatic heterocycles. The average Bonchev–Trinajstić information content (AvgIpc) is 3.01. The van der Waals surface area contributed by atoms with Crippen LogP contribution in [0.25, 0.3) is 0 Å². The van der Waals surface area contributed by atoms with E-state index in [1.54, 1.807) is 17.0 Å². The Bertz CT molecular complexity index is 1060. The predicted octanol–water partition coefficient (Wildman–Crippen LogP) is 2.44. The number of nitrogens with one attached hydrogen (secondary N) is 1. The molecule has 4 rings (SSSR count). The van der Waals surface area contributed by atoms with E-state index in [0.29, 0.717) is 36.9 Å². The molecule has 0 aliphatic carbocycles. The molecule has 0 bridgehead atoms. The van der Waals surface area contributed by atoms with Gasteiger partial charge in [0.15, 0.2) is 0 Å². The number of piperidine rings is 2. The van der Waals surface area contributed by atoms with E-state index >= 15 is 0 Å². The Balaban J connectivity index is 1.53. The van der Waals surface area contributed by atoms with Crippen LogP contribution < -0.4 is 5.32 Å². The van der Waals surface area contributed by atoms with Gasteiger partial charge in [-0.15, -0.1) is 0 Å². The van der Waals surface area contributed by atoms with E-state index in [-0.39, 0.29) is 24.8 Å². The Morgan fingerprint density at radius 1 is 1.21 bits per heavy atom. The molecular formula is C25H33N3O6. The third-order valence-corrected chi connectivity index (χ3v) is 6.88. The van der Waals surface area contributed by atoms with Crippen molar-refractivity contribution in [1.29, 1.82) is 0 Å². The first-order valence-electron chi connectivity index (χ1n) is 11.7. The Hall–Kier alpha value is -2.94. The molecule has 9 heteroatoms. The van der Waals surface area contributed by atoms with Gasteiger partial charge in [0, 0.05) is 37.0 Å². The predicted molar refractivity (Wildman–Crippen MR) is 123 cm³/mol. The number of nitrogens with zero attached hydrogens (tertiary/aromatic N) is 2. The summed E-state index contributed by atoms with van der Waals surface area (Å²) in [6.45, 7) is 9.85. The van der Waals surface area contributed by atoms with Gasteiger partial charge >= 0.3 is 6.09 Å². The Morgan fingerprint density at radius 2 is 1.91 bits per heavy atom. The number of rotatable bonds is 2. The molecule has 9 nitrogen and oxygen atoms in total. The van der Waals surface area contributed by atoms with Crippen molar-refractivity contribution in [3.63, 3.8) is 0 Å². The van der Waals surface area contributed by atoms with Crippen molar-refractivity contribution in [3.05, 3.63) is 34.9 Å². The van der Waals surface area contributed by atoms with Crippen LogP contribution in [-0.4, -0.2) is 62.4 Å². The molecule has 184 valence electrons. The fourth-order valence-electron chi connectivity index (χ4n) is 5.26. The van der Waals surface area contributed by atoms with Crippen LogP contribution in [0.3, 0.4) is 0 Å². The minimum Gasteiger partial charge on any atom is -0.444 e. The molecule has 34 heavy (non-hydrogen) atoms. The van der Waals surface area contributed by atoms with Gasteiger partial charge in [0.05, 0.1) is 5.60 Å². The zero-order chi connectivity index (χ0) is 25.1. The molecule has 0 saturated carbocycles. The quantitative estimate of drug-likeness (QED) is 0.640. The van der Waals surface area contributed by atoms with Gasteiger partial charge < -0.3 is 19.6 Å². The molecule has 3 heterocycles. The highest BCUT2D eigenvalue weighted by Gasteiger charge is 2.47. The first-order valence-corrected chi connectivity index (χ1v) is 11.7. The lowest BCUT2D eigenvalue weighted by Gasteiger charge is -2.49. The number of benzene rings is 1. The molecule has 0 spiro atoms. The summed E-state index contributed by atoms with van der Waals surface area (Å²) in [7, 11) is 0. The third-order valence-electron chi connectivity index (χ3n) is 6.88. The smallest absolute Gasteiger partial charge is 0.410 e. The molecule has 1 unspecified atom stereocenters. The van der Waals surface area contributed by atoms with Gasteiger partial charge in [-0.3, -0.25) is 19.7 Å². The van der Waals surface area contributed by atoms with Crippen LogP contribution in [0.1, 0.15) is 81.8 Å². The maximum atomic E-state index is 13.0. The van der Waals surface area contributed by atoms with E-state index in [0.717, 1.165) is 5.56 Å². The van der Waals surface area contributed by atoms with Crippen molar-refractivity contribution in [3.8, 4) is 0 Å². The van der Waals surface area contributed by atoms with Crippen LogP contribution in [0.15, 0.2) is 18.2 Å². The Labute approximate surface area is 199 Å². The summed E-state index contributed by atoms with van der Waals surface area (Å²) in [5.74, 6) is -1.02. The average molecular weight is 472 g/mol. The van der Waals surface area contributed by atoms with E-state index in [1.165, 1.54) is 4.90 Å². The molecular weight excluding hydrogens is 438 g/mol. The number of carbonyl (C=O) groups excluding carboxylic acids is 4. The normalized spacial score (nSPS) is 26.9. The van der Waals surface area contributed by atoms with Crippen molar-refractivity contribution in [2.75, 3.05) is 6.54 Å². The molecule has 4 amide bonds. The van der Waals surface area contributed by atoms with Crippen molar-refractivity contribution in [1.82, 2.24) is 15.1 Å². The van der Waals surface area contributed by atoms with E-state index in [4.69, 9.17) is 4.74 Å². The third kappa shape index (κ3) is 4.41. The highest BCUT2D eigenvalue weighted by molar-refractivity contribution is 6.05. The van der Waals surface area contributed by atoms with Gasteiger partial charge in [-0.05, 0) is 64.7 Å². The number of amides is 4. The summed E-state index contributed by atoms with van der Waals surface area (Å²) < 4.78 is 5.55. The standard InChI is InChI=1S/C25H33N3O6/c1-23(2,3)34-22(32)28-11-10-25(33,14-24(28,4)5)16-6-7-17-15(12-16)13-27(21(17)31)18-8-9-19(29)26-20(18)30/h6-7,12,18,33H,8-11,13-14H2,1-5H3,(H,26,29,30)/t18?,25-/m1/s1. The fourth-order valence-corrected chi connectivity index (χ4v) is 5.26. The summed E-state index contributed by atoms with van der Waals surface area (Å²) in [6, 6.07) is 4.60. The molecule has 1 aromatic carbocycles. The monoisotopic (exact) mass is 471 g/mol. The van der Waals surface area contributed by atoms with E-state index in [9.17, 15) is 24.3 Å². The van der Waals surface area contributed by atoms with Gasteiger partial charge in [-0.1, -0.05) is 12.1 Å². The fraction of sp³-hybridized carbons (Fsp3) is 0.600. The maximum Gasteiger partial charge on any atom is 0.410 e. The molecule has 3 aliphatic heterocycles. The van der Waals surface area contributed by atoms with Crippen molar-refractivity contribution in [2.45, 2.75) is 89.6 Å². The maximum absolute atomic E-state index is 13.0. The molecule has 2 atom stereocenters. The number of hydrogen-bond acceptors (Lipinski definition) is 6. The number of hydrogen-bond donors (Lipinski definition) is 2. The van der Waals surface area contributed by atoms with Gasteiger partial charge in [-0.25, -0.2) is 4.79 Å². The van der Waals surface area contributed by atoms with Crippen LogP contribution in [0, 0.1) is 0 Å². The number of fused-ring (bicyclic) bond motifs is 1. The summed E-state index contributed by atoms with van der Waals surface area (Å²) in [5, 5.41) is 13.9. The molecule has 2 fully saturated rings. The number of imide groups is 1. The second-order valence-electron chi connectivity index (χ2n) is 11.2. The van der Waals surface area contributed by atoms with E-state index < -0.39 is 34.8 Å². The van der Waals surface area contributed by atoms with Crippen LogP contribution in [0.5, 0.6) is 0 Å². The Kier molecular flexibility index (Phi) is 5.75. The minimum atomic E-state index is -1.18. The highest BCUT2D eigenvalue weighted by atomic mass is 16.6. The Morgan fingerprint density at radius 3 is 2.53 bits per heavy atom. The van der Waals surface area contributed by atoms with Gasteiger partial charge in [0.1, 0.15) is 11.6 Å². The zero-order valence-corrected chi connectivity index (χ0v) is 20.4. The molecule has 1 aromatic rings. The number of ether oxygens (including phenoxy) is 1. The van der Waals surface area contributed by atoms with Crippen LogP contribution in [-0.2, 0) is 26.5 Å². The molecule has 3 aliphatic rings. The molecule has 2 saturated heterocycles. The molecule has 2 N–H and O–H groups in total. The van der Waals surface area contributed by atoms with Crippen molar-refractivity contribution in [2.24, 2.45) is 0 Å². The topological polar surface area (TPSA) is 116 Å². The summed E-state index contributed by atoms with van der Waals surface area (Å²) in [6.07, 6.45) is 0.738. The van der Waals surface area contributed by atoms with Gasteiger partial charge in [0.2, 0.25) is 11.8 Å². The van der Waals surface area contributed by atoms with Crippen LogP contribution in [0.4, 0.5) is 4.79 Å². The summed E-state index contributed by atoms with van der Waals surface area (Å²) in [4.78, 5) is 52.6. The van der Waals surface area contributed by atoms with Gasteiger partial charge in [0.25, 0.3) is 5.91 Å². The van der Waals surface area contributed by atoms with Crippen LogP contribution >= 0.6 is 0 Å². The number of aliphatic hydroxyl groups is 1. The molecule has 0 radical (unpaired) electrons. The van der Waals surface area contributed by atoms with Crippen molar-refractivity contribution >= 4 is 23.8 Å². The summed E-state index contributed by atoms with van der Waals surface area (Å²) in [5.41, 5.74) is -0.510. The summed E-state index contributed by atoms with van der Waals surface area (Å²) >= 11 is 0. The lowest BCUT2D eigenvalue weighted by molar-refractivity contribution is -0.136. The van der Waals surface area contributed by atoms with Crippen LogP contribution in [0.2, 0.25) is 0 Å². The number of likely N-dealkylation sites (tertiary alicyclic amines) is 1. The van der Waals surface area contributed by atoms with E-state index in [1.807, 2.05) is 40.7 Å². The highest BCUT2D eigenvalue weighted by Crippen LogP contribution is 2.42. The SMILES string of the molecule is CC(C)(C)OC(=O)N1CC[C@](O)(c2ccc3c(c2)CN(C2CCC(=O)NC2=O)C3=O)CC1(C)C. The second kappa shape index (κ2) is 8.08. The van der Waals surface area contributed by atoms with Crippen molar-refractivity contribution < 1.29 is 29.0 Å². The first-order chi connectivity index (χ1) is 15.7. The van der Waals surface area contributed by atoms with Gasteiger partial charge in [-0.2, -0.15) is 0 Å². The lowest BCUT2D eigenvalue weighted by Crippen LogP contribution is -2.58. The second-order valence-corrected chi connectivity index (χ2v) is 11.2. The zero-order valence-electron chi connectivity index (χ0n) is 20.4. The van der Waals surface area contributed by atoms with E-state index in [2.05, 4.69) is 5.32 Å². The first kappa shape index (κ1) is 24.2. The lowest BCUT2D eigenvalue weighted by atomic mass is 9.75.